The van der Waals surface area contributed by atoms with Gasteiger partial charge in [-0.1, -0.05) is 36.4 Å². The highest BCUT2D eigenvalue weighted by molar-refractivity contribution is 6.31. The van der Waals surface area contributed by atoms with Crippen molar-refractivity contribution in [2.75, 3.05) is 10.2 Å². The van der Waals surface area contributed by atoms with Crippen molar-refractivity contribution < 1.29 is 4.79 Å². The molecular weight excluding hydrogens is 420 g/mol. The average Bonchev–Trinajstić information content (AvgIpc) is 3.30. The monoisotopic (exact) mass is 446 g/mol. The van der Waals surface area contributed by atoms with Crippen molar-refractivity contribution in [2.24, 2.45) is 0 Å². The maximum Gasteiger partial charge on any atom is 0.237 e. The molecule has 2 aliphatic heterocycles. The fourth-order valence-electron chi connectivity index (χ4n) is 4.81. The van der Waals surface area contributed by atoms with Crippen molar-refractivity contribution in [3.8, 4) is 0 Å². The number of carbonyl (C=O) groups excluding carboxylic acids is 1. The predicted octanol–water partition coefficient (Wildman–Crippen LogP) is 5.85. The normalized spacial score (nSPS) is 17.4. The van der Waals surface area contributed by atoms with E-state index in [1.165, 1.54) is 11.1 Å². The smallest absolute Gasteiger partial charge is 0.237 e. The van der Waals surface area contributed by atoms with Crippen LogP contribution in [0, 0.1) is 0 Å². The van der Waals surface area contributed by atoms with Crippen LogP contribution >= 0.6 is 11.6 Å². The number of rotatable bonds is 2. The van der Waals surface area contributed by atoms with Gasteiger partial charge in [-0.2, -0.15) is 5.10 Å². The summed E-state index contributed by atoms with van der Waals surface area (Å²) in [4.78, 5) is 15.4. The summed E-state index contributed by atoms with van der Waals surface area (Å²) in [6.07, 6.45) is 5.93. The molecule has 164 valence electrons. The Bertz CT molecular complexity index is 1230. The molecule has 2 N–H and O–H groups in total. The molecule has 5 nitrogen and oxygen atoms in total. The average molecular weight is 447 g/mol. The highest BCUT2D eigenvalue weighted by atomic mass is 35.5. The molecule has 2 aliphatic rings. The first-order valence-electron chi connectivity index (χ1n) is 11.1. The first kappa shape index (κ1) is 20.8. The number of hydrogen-bond acceptors (Lipinski definition) is 3. The lowest BCUT2D eigenvalue weighted by Crippen LogP contribution is -2.35. The van der Waals surface area contributed by atoms with Gasteiger partial charge in [-0.25, -0.2) is 0 Å². The number of nitrogens with zero attached hydrogens (tertiary/aromatic N) is 2. The number of hydrogen-bond donors (Lipinski definition) is 2. The Morgan fingerprint density at radius 1 is 1.16 bits per heavy atom. The molecule has 1 aromatic heterocycles. The van der Waals surface area contributed by atoms with Crippen molar-refractivity contribution >= 4 is 34.6 Å². The van der Waals surface area contributed by atoms with E-state index in [1.807, 2.05) is 49.2 Å². The van der Waals surface area contributed by atoms with Crippen LogP contribution in [0.5, 0.6) is 0 Å². The summed E-state index contributed by atoms with van der Waals surface area (Å²) in [5.74, 6) is 0.0921. The van der Waals surface area contributed by atoms with Gasteiger partial charge in [0.1, 0.15) is 0 Å². The second-order valence-electron chi connectivity index (χ2n) is 9.22. The molecule has 5 rings (SSSR count). The summed E-state index contributed by atoms with van der Waals surface area (Å²) in [6, 6.07) is 12.0. The number of H-pyrrole nitrogens is 1. The molecule has 0 atom stereocenters. The molecule has 0 saturated heterocycles. The van der Waals surface area contributed by atoms with E-state index in [9.17, 15) is 4.79 Å². The van der Waals surface area contributed by atoms with Crippen LogP contribution in [-0.4, -0.2) is 16.1 Å². The molecule has 0 bridgehead atoms. The Morgan fingerprint density at radius 3 is 2.69 bits per heavy atom. The zero-order valence-corrected chi connectivity index (χ0v) is 19.2. The lowest BCUT2D eigenvalue weighted by Gasteiger charge is -2.22. The highest BCUT2D eigenvalue weighted by Crippen LogP contribution is 2.46. The first-order chi connectivity index (χ1) is 15.4. The van der Waals surface area contributed by atoms with Gasteiger partial charge in [0, 0.05) is 16.4 Å². The molecule has 3 heterocycles. The van der Waals surface area contributed by atoms with Crippen LogP contribution in [0.1, 0.15) is 54.6 Å². The van der Waals surface area contributed by atoms with Gasteiger partial charge in [0.15, 0.2) is 0 Å². The molecule has 0 saturated carbocycles. The maximum absolute atomic E-state index is 13.5. The summed E-state index contributed by atoms with van der Waals surface area (Å²) >= 11 is 6.42. The van der Waals surface area contributed by atoms with Crippen LogP contribution in [0.15, 0.2) is 49.2 Å². The number of fused-ring (bicyclic) bond motifs is 3. The van der Waals surface area contributed by atoms with E-state index in [-0.39, 0.29) is 5.91 Å². The van der Waals surface area contributed by atoms with Gasteiger partial charge in [-0.05, 0) is 80.0 Å². The number of amides is 1. The van der Waals surface area contributed by atoms with Crippen molar-refractivity contribution in [1.29, 1.82) is 0 Å². The van der Waals surface area contributed by atoms with Gasteiger partial charge in [-0.3, -0.25) is 9.89 Å². The highest BCUT2D eigenvalue weighted by Gasteiger charge is 2.44. The minimum atomic E-state index is -0.622. The van der Waals surface area contributed by atoms with Gasteiger partial charge >= 0.3 is 0 Å². The second kappa shape index (κ2) is 7.82. The largest absolute Gasteiger partial charge is 0.354 e. The van der Waals surface area contributed by atoms with Gasteiger partial charge < -0.3 is 10.2 Å². The minimum Gasteiger partial charge on any atom is -0.354 e. The molecule has 0 unspecified atom stereocenters. The molecule has 2 aromatic carbocycles. The topological polar surface area (TPSA) is 61.0 Å². The van der Waals surface area contributed by atoms with Crippen LogP contribution in [0.4, 0.5) is 11.4 Å². The van der Waals surface area contributed by atoms with Gasteiger partial charge in [-0.15, -0.1) is 0 Å². The number of halogens is 1. The first-order valence-corrected chi connectivity index (χ1v) is 11.5. The molecule has 0 radical (unpaired) electrons. The molecule has 0 aliphatic carbocycles. The second-order valence-corrected chi connectivity index (χ2v) is 9.62. The van der Waals surface area contributed by atoms with E-state index < -0.39 is 5.41 Å². The summed E-state index contributed by atoms with van der Waals surface area (Å²) in [5.41, 5.74) is 7.48. The van der Waals surface area contributed by atoms with Gasteiger partial charge in [0.25, 0.3) is 0 Å². The Kier molecular flexibility index (Phi) is 5.09. The number of benzene rings is 2. The minimum absolute atomic E-state index is 0.0921. The molecule has 0 fully saturated rings. The van der Waals surface area contributed by atoms with Crippen molar-refractivity contribution in [2.45, 2.75) is 51.5 Å². The molecule has 1 amide bonds. The third kappa shape index (κ3) is 3.41. The van der Waals surface area contributed by atoms with E-state index in [0.717, 1.165) is 59.6 Å². The van der Waals surface area contributed by atoms with Crippen LogP contribution < -0.4 is 10.2 Å². The Labute approximate surface area is 193 Å². The van der Waals surface area contributed by atoms with Crippen LogP contribution in [0.25, 0.3) is 5.70 Å². The summed E-state index contributed by atoms with van der Waals surface area (Å²) in [6.45, 7) is 8.71. The standard InChI is InChI=1S/C26H27ClN4O/c1-16-24-18(14-28-30-24)9-5-4-8-17-12-23-20(13-22(17)29-16)26(2,3)25(32)31(23)15-19-10-6-7-11-21(19)27/h6-7,10-14,29H,1,4-5,8-9,15H2,2-3H3,(H,28,30). The Hall–Kier alpha value is -3.05. The van der Waals surface area contributed by atoms with Crippen molar-refractivity contribution in [3.63, 3.8) is 0 Å². The number of aromatic nitrogens is 2. The summed E-state index contributed by atoms with van der Waals surface area (Å²) < 4.78 is 0. The van der Waals surface area contributed by atoms with Crippen LogP contribution in [0.2, 0.25) is 5.02 Å². The number of aromatic amines is 1. The number of aryl methyl sites for hydroxylation is 2. The van der Waals surface area contributed by atoms with E-state index in [0.29, 0.717) is 11.6 Å². The quantitative estimate of drug-likeness (QED) is 0.519. The number of nitrogens with one attached hydrogen (secondary N) is 2. The molecule has 0 spiro atoms. The van der Waals surface area contributed by atoms with Gasteiger partial charge in [0.2, 0.25) is 5.91 Å². The zero-order valence-electron chi connectivity index (χ0n) is 18.5. The summed E-state index contributed by atoms with van der Waals surface area (Å²) in [5, 5.41) is 11.5. The third-order valence-corrected chi connectivity index (χ3v) is 7.07. The SMILES string of the molecule is C=C1Nc2cc3c(cc2CCCCc2cn[nH]c21)N(Cc1ccccc1Cl)C(=O)C3(C)C. The molecule has 32 heavy (non-hydrogen) atoms. The lowest BCUT2D eigenvalue weighted by molar-refractivity contribution is -0.122. The maximum atomic E-state index is 13.5. The van der Waals surface area contributed by atoms with E-state index in [4.69, 9.17) is 11.6 Å². The van der Waals surface area contributed by atoms with E-state index in [2.05, 4.69) is 34.2 Å². The van der Waals surface area contributed by atoms with Gasteiger partial charge in [0.05, 0.1) is 29.5 Å². The molecule has 3 aromatic rings. The number of carbonyl (C=O) groups is 1. The zero-order chi connectivity index (χ0) is 22.5. The summed E-state index contributed by atoms with van der Waals surface area (Å²) in [7, 11) is 0. The van der Waals surface area contributed by atoms with E-state index in [1.54, 1.807) is 0 Å². The van der Waals surface area contributed by atoms with Crippen LogP contribution in [0.3, 0.4) is 0 Å². The Morgan fingerprint density at radius 2 is 1.91 bits per heavy atom. The predicted molar refractivity (Wildman–Crippen MR) is 130 cm³/mol. The fourth-order valence-corrected chi connectivity index (χ4v) is 5.01. The fraction of sp³-hybridized carbons (Fsp3) is 0.308. The molecule has 6 heteroatoms. The number of anilines is 2. The molecular formula is C26H27ClN4O. The third-order valence-electron chi connectivity index (χ3n) is 6.70. The van der Waals surface area contributed by atoms with E-state index >= 15 is 0 Å². The lowest BCUT2D eigenvalue weighted by atomic mass is 9.85. The van der Waals surface area contributed by atoms with Crippen LogP contribution in [-0.2, 0) is 29.6 Å². The van der Waals surface area contributed by atoms with Crippen molar-refractivity contribution in [3.05, 3.63) is 82.1 Å². The Balaban J connectivity index is 1.58. The van der Waals surface area contributed by atoms with Crippen molar-refractivity contribution in [1.82, 2.24) is 10.2 Å².